The predicted molar refractivity (Wildman–Crippen MR) is 100 cm³/mol. The van der Waals surface area contributed by atoms with E-state index in [9.17, 15) is 4.79 Å². The van der Waals surface area contributed by atoms with Gasteiger partial charge in [0.1, 0.15) is 0 Å². The Morgan fingerprint density at radius 3 is 2.65 bits per heavy atom. The third kappa shape index (κ3) is 5.96. The normalized spacial score (nSPS) is 16.6. The monoisotopic (exact) mass is 333 g/mol. The quantitative estimate of drug-likeness (QED) is 0.453. The number of benzene rings is 1. The number of hydrogen-bond donors (Lipinski definition) is 0. The molecule has 1 saturated heterocycles. The van der Waals surface area contributed by atoms with E-state index in [1.807, 2.05) is 30.5 Å². The zero-order valence-corrected chi connectivity index (χ0v) is 15.5. The summed E-state index contributed by atoms with van der Waals surface area (Å²) in [5.41, 5.74) is 0.901. The Morgan fingerprint density at radius 2 is 1.96 bits per heavy atom. The van der Waals surface area contributed by atoms with Crippen LogP contribution in [-0.4, -0.2) is 36.6 Å². The van der Waals surface area contributed by atoms with E-state index in [-0.39, 0.29) is 0 Å². The maximum Gasteiger partial charge on any atom is 0.164 e. The summed E-state index contributed by atoms with van der Waals surface area (Å²) in [6, 6.07) is 7.98. The number of unbranched alkanes of at least 4 members (excludes halogenated alkanes) is 1. The van der Waals surface area contributed by atoms with Gasteiger partial charge in [0.05, 0.1) is 0 Å². The lowest BCUT2D eigenvalue weighted by atomic mass is 9.91. The molecule has 1 heterocycles. The van der Waals surface area contributed by atoms with Crippen LogP contribution in [0.5, 0.6) is 0 Å². The van der Waals surface area contributed by atoms with Crippen molar-refractivity contribution in [1.82, 2.24) is 4.90 Å². The standard InChI is InChI=1S/C20H31NOS/c1-3-4-8-17-12-15-21(16-13-17)14-7-10-19(22)18-9-5-6-11-20(18)23-2/h5-6,9,11,17H,3-4,7-8,10,12-16H2,1-2H3. The second-order valence-corrected chi connectivity index (χ2v) is 7.50. The molecule has 1 aromatic rings. The zero-order chi connectivity index (χ0) is 16.5. The van der Waals surface area contributed by atoms with Gasteiger partial charge in [-0.05, 0) is 57.1 Å². The molecular weight excluding hydrogens is 302 g/mol. The minimum Gasteiger partial charge on any atom is -0.303 e. The molecule has 0 saturated carbocycles. The first-order chi connectivity index (χ1) is 11.2. The average Bonchev–Trinajstić information content (AvgIpc) is 2.61. The molecule has 0 atom stereocenters. The molecule has 0 spiro atoms. The summed E-state index contributed by atoms with van der Waals surface area (Å²) in [5, 5.41) is 0. The molecule has 1 aromatic carbocycles. The fourth-order valence-corrected chi connectivity index (χ4v) is 4.08. The number of carbonyl (C=O) groups excluding carboxylic acids is 1. The Hall–Kier alpha value is -0.800. The van der Waals surface area contributed by atoms with Crippen LogP contribution in [-0.2, 0) is 0 Å². The number of rotatable bonds is 9. The number of carbonyl (C=O) groups is 1. The van der Waals surface area contributed by atoms with Gasteiger partial charge in [-0.1, -0.05) is 44.4 Å². The highest BCUT2D eigenvalue weighted by molar-refractivity contribution is 7.98. The molecule has 0 aromatic heterocycles. The van der Waals surface area contributed by atoms with E-state index in [4.69, 9.17) is 0 Å². The first kappa shape index (κ1) is 18.5. The molecule has 0 amide bonds. The van der Waals surface area contributed by atoms with Gasteiger partial charge in [0.15, 0.2) is 5.78 Å². The van der Waals surface area contributed by atoms with E-state index in [0.717, 1.165) is 29.3 Å². The van der Waals surface area contributed by atoms with Crippen molar-refractivity contribution in [2.24, 2.45) is 5.92 Å². The maximum absolute atomic E-state index is 12.4. The fourth-order valence-electron chi connectivity index (χ4n) is 3.46. The Balaban J connectivity index is 1.68. The van der Waals surface area contributed by atoms with Crippen LogP contribution in [0, 0.1) is 5.92 Å². The third-order valence-electron chi connectivity index (χ3n) is 4.96. The van der Waals surface area contributed by atoms with Crippen LogP contribution in [0.15, 0.2) is 29.2 Å². The number of piperidine rings is 1. The van der Waals surface area contributed by atoms with Crippen molar-refractivity contribution in [3.63, 3.8) is 0 Å². The van der Waals surface area contributed by atoms with E-state index in [2.05, 4.69) is 11.8 Å². The molecule has 2 nitrogen and oxygen atoms in total. The zero-order valence-electron chi connectivity index (χ0n) is 14.7. The average molecular weight is 334 g/mol. The third-order valence-corrected chi connectivity index (χ3v) is 5.75. The Labute approximate surface area is 146 Å². The molecule has 128 valence electrons. The van der Waals surface area contributed by atoms with Crippen molar-refractivity contribution in [1.29, 1.82) is 0 Å². The molecule has 1 aliphatic heterocycles. The van der Waals surface area contributed by atoms with E-state index < -0.39 is 0 Å². The number of ketones is 1. The lowest BCUT2D eigenvalue weighted by Crippen LogP contribution is -2.34. The molecule has 1 fully saturated rings. The number of likely N-dealkylation sites (tertiary alicyclic amines) is 1. The molecular formula is C20H31NOS. The Bertz CT molecular complexity index is 480. The molecule has 0 bridgehead atoms. The van der Waals surface area contributed by atoms with Crippen LogP contribution >= 0.6 is 11.8 Å². The molecule has 1 aliphatic rings. The van der Waals surface area contributed by atoms with Gasteiger partial charge in [-0.2, -0.15) is 0 Å². The van der Waals surface area contributed by atoms with Gasteiger partial charge < -0.3 is 4.90 Å². The lowest BCUT2D eigenvalue weighted by molar-refractivity contribution is 0.0967. The van der Waals surface area contributed by atoms with Gasteiger partial charge in [-0.3, -0.25) is 4.79 Å². The van der Waals surface area contributed by atoms with Crippen molar-refractivity contribution in [2.75, 3.05) is 25.9 Å². The highest BCUT2D eigenvalue weighted by Crippen LogP contribution is 2.24. The number of nitrogens with zero attached hydrogens (tertiary/aromatic N) is 1. The molecule has 0 unspecified atom stereocenters. The van der Waals surface area contributed by atoms with Gasteiger partial charge in [-0.15, -0.1) is 11.8 Å². The molecule has 0 N–H and O–H groups in total. The summed E-state index contributed by atoms with van der Waals surface area (Å²) in [6.45, 7) is 5.81. The molecule has 23 heavy (non-hydrogen) atoms. The van der Waals surface area contributed by atoms with Crippen molar-refractivity contribution >= 4 is 17.5 Å². The van der Waals surface area contributed by atoms with Crippen LogP contribution < -0.4 is 0 Å². The first-order valence-corrected chi connectivity index (χ1v) is 10.4. The van der Waals surface area contributed by atoms with E-state index in [1.54, 1.807) is 11.8 Å². The van der Waals surface area contributed by atoms with Crippen molar-refractivity contribution in [2.45, 2.75) is 56.8 Å². The van der Waals surface area contributed by atoms with Crippen molar-refractivity contribution < 1.29 is 4.79 Å². The van der Waals surface area contributed by atoms with Gasteiger partial charge >= 0.3 is 0 Å². The summed E-state index contributed by atoms with van der Waals surface area (Å²) < 4.78 is 0. The number of hydrogen-bond acceptors (Lipinski definition) is 3. The smallest absolute Gasteiger partial charge is 0.164 e. The summed E-state index contributed by atoms with van der Waals surface area (Å²) in [5.74, 6) is 1.24. The minimum atomic E-state index is 0.299. The topological polar surface area (TPSA) is 20.3 Å². The molecule has 0 radical (unpaired) electrons. The highest BCUT2D eigenvalue weighted by atomic mass is 32.2. The van der Waals surface area contributed by atoms with Crippen molar-refractivity contribution in [3.05, 3.63) is 29.8 Å². The Kier molecular flexibility index (Phi) is 8.18. The second kappa shape index (κ2) is 10.1. The summed E-state index contributed by atoms with van der Waals surface area (Å²) in [7, 11) is 0. The predicted octanol–water partition coefficient (Wildman–Crippen LogP) is 5.27. The number of Topliss-reactive ketones (excluding diaryl/α,β-unsaturated/α-hetero) is 1. The van der Waals surface area contributed by atoms with Crippen molar-refractivity contribution in [3.8, 4) is 0 Å². The number of thioether (sulfide) groups is 1. The molecule has 2 rings (SSSR count). The largest absolute Gasteiger partial charge is 0.303 e. The van der Waals surface area contributed by atoms with Crippen LogP contribution in [0.4, 0.5) is 0 Å². The Morgan fingerprint density at radius 1 is 1.22 bits per heavy atom. The van der Waals surface area contributed by atoms with Gasteiger partial charge in [0.25, 0.3) is 0 Å². The van der Waals surface area contributed by atoms with Gasteiger partial charge in [-0.25, -0.2) is 0 Å². The van der Waals surface area contributed by atoms with E-state index in [0.29, 0.717) is 12.2 Å². The highest BCUT2D eigenvalue weighted by Gasteiger charge is 2.18. The van der Waals surface area contributed by atoms with Gasteiger partial charge in [0.2, 0.25) is 0 Å². The maximum atomic E-state index is 12.4. The SMILES string of the molecule is CCCCC1CCN(CCCC(=O)c2ccccc2SC)CC1. The van der Waals surface area contributed by atoms with Gasteiger partial charge in [0, 0.05) is 16.9 Å². The van der Waals surface area contributed by atoms with E-state index in [1.165, 1.54) is 45.2 Å². The van der Waals surface area contributed by atoms with E-state index >= 15 is 0 Å². The second-order valence-electron chi connectivity index (χ2n) is 6.65. The lowest BCUT2D eigenvalue weighted by Gasteiger charge is -2.31. The molecule has 0 aliphatic carbocycles. The first-order valence-electron chi connectivity index (χ1n) is 9.13. The van der Waals surface area contributed by atoms with Crippen LogP contribution in [0.1, 0.15) is 62.2 Å². The summed E-state index contributed by atoms with van der Waals surface area (Å²) in [4.78, 5) is 16.1. The summed E-state index contributed by atoms with van der Waals surface area (Å²) in [6.07, 6.45) is 10.5. The van der Waals surface area contributed by atoms with Crippen LogP contribution in [0.2, 0.25) is 0 Å². The minimum absolute atomic E-state index is 0.299. The van der Waals surface area contributed by atoms with Crippen LogP contribution in [0.25, 0.3) is 0 Å². The summed E-state index contributed by atoms with van der Waals surface area (Å²) >= 11 is 1.66. The molecule has 3 heteroatoms. The fraction of sp³-hybridized carbons (Fsp3) is 0.650. The van der Waals surface area contributed by atoms with Crippen LogP contribution in [0.3, 0.4) is 0 Å².